The van der Waals surface area contributed by atoms with Crippen LogP contribution in [-0.2, 0) is 29.5 Å². The summed E-state index contributed by atoms with van der Waals surface area (Å²) in [4.78, 5) is 18.0. The average molecular weight is 496 g/mol. The molecule has 0 bridgehead atoms. The van der Waals surface area contributed by atoms with Crippen LogP contribution in [0.5, 0.6) is 0 Å². The van der Waals surface area contributed by atoms with Gasteiger partial charge in [-0.15, -0.1) is 11.3 Å². The number of rotatable bonds is 5. The van der Waals surface area contributed by atoms with Crippen LogP contribution in [0.3, 0.4) is 0 Å². The fourth-order valence-corrected chi connectivity index (χ4v) is 7.53. The summed E-state index contributed by atoms with van der Waals surface area (Å²) in [7, 11) is -3.75. The fraction of sp³-hybridized carbons (Fsp3) is 0.346. The Kier molecular flexibility index (Phi) is 6.57. The molecule has 8 heteroatoms. The van der Waals surface area contributed by atoms with E-state index in [0.717, 1.165) is 25.2 Å². The third-order valence-corrected chi connectivity index (χ3v) is 9.77. The predicted octanol–water partition coefficient (Wildman–Crippen LogP) is 3.76. The van der Waals surface area contributed by atoms with Gasteiger partial charge in [0.1, 0.15) is 9.77 Å². The molecule has 1 saturated heterocycles. The topological polar surface area (TPSA) is 60.9 Å². The first-order valence-electron chi connectivity index (χ1n) is 11.6. The molecule has 0 N–H and O–H groups in total. The van der Waals surface area contributed by atoms with Crippen molar-refractivity contribution in [1.82, 2.24) is 14.1 Å². The molecule has 0 saturated carbocycles. The second-order valence-electron chi connectivity index (χ2n) is 8.97. The van der Waals surface area contributed by atoms with Gasteiger partial charge < -0.3 is 4.90 Å². The summed E-state index contributed by atoms with van der Waals surface area (Å²) in [6.45, 7) is 6.50. The van der Waals surface area contributed by atoms with E-state index < -0.39 is 10.0 Å². The van der Waals surface area contributed by atoms with Crippen LogP contribution < -0.4 is 0 Å². The third-order valence-electron chi connectivity index (χ3n) is 6.85. The quantitative estimate of drug-likeness (QED) is 0.541. The molecule has 0 spiro atoms. The Morgan fingerprint density at radius 1 is 0.912 bits per heavy atom. The van der Waals surface area contributed by atoms with E-state index >= 15 is 0 Å². The van der Waals surface area contributed by atoms with Crippen LogP contribution in [0.15, 0.2) is 64.9 Å². The molecule has 1 fully saturated rings. The highest BCUT2D eigenvalue weighted by Gasteiger charge is 2.34. The maximum absolute atomic E-state index is 13.5. The SMILES string of the molecule is Cc1ccccc1CN1CCN(C(=O)c2sccc2S(=O)(=O)N2CCc3ccccc3C2)CC1. The van der Waals surface area contributed by atoms with Crippen molar-refractivity contribution in [2.45, 2.75) is 31.3 Å². The number of fused-ring (bicyclic) bond motifs is 1. The molecule has 2 aromatic carbocycles. The highest BCUT2D eigenvalue weighted by atomic mass is 32.2. The largest absolute Gasteiger partial charge is 0.335 e. The Labute approximate surface area is 205 Å². The lowest BCUT2D eigenvalue weighted by atomic mass is 10.0. The summed E-state index contributed by atoms with van der Waals surface area (Å²) >= 11 is 1.22. The zero-order valence-electron chi connectivity index (χ0n) is 19.3. The summed E-state index contributed by atoms with van der Waals surface area (Å²) in [6.07, 6.45) is 0.686. The van der Waals surface area contributed by atoms with Crippen LogP contribution in [0.4, 0.5) is 0 Å². The van der Waals surface area contributed by atoms with E-state index in [2.05, 4.69) is 36.1 Å². The number of carbonyl (C=O) groups is 1. The van der Waals surface area contributed by atoms with Gasteiger partial charge >= 0.3 is 0 Å². The number of piperazine rings is 1. The van der Waals surface area contributed by atoms with Gasteiger partial charge in [-0.2, -0.15) is 4.31 Å². The fourth-order valence-electron chi connectivity index (χ4n) is 4.75. The lowest BCUT2D eigenvalue weighted by Gasteiger charge is -2.35. The molecule has 34 heavy (non-hydrogen) atoms. The monoisotopic (exact) mass is 495 g/mol. The van der Waals surface area contributed by atoms with E-state index in [4.69, 9.17) is 0 Å². The van der Waals surface area contributed by atoms with Crippen molar-refractivity contribution in [2.75, 3.05) is 32.7 Å². The second kappa shape index (κ2) is 9.62. The van der Waals surface area contributed by atoms with Crippen LogP contribution in [0.1, 0.15) is 31.9 Å². The van der Waals surface area contributed by atoms with Gasteiger partial charge in [-0.1, -0.05) is 48.5 Å². The van der Waals surface area contributed by atoms with E-state index in [1.807, 2.05) is 24.3 Å². The number of amides is 1. The van der Waals surface area contributed by atoms with E-state index in [9.17, 15) is 13.2 Å². The molecule has 0 aliphatic carbocycles. The number of carbonyl (C=O) groups excluding carboxylic acids is 1. The summed E-state index contributed by atoms with van der Waals surface area (Å²) in [6, 6.07) is 17.9. The van der Waals surface area contributed by atoms with Crippen LogP contribution >= 0.6 is 11.3 Å². The van der Waals surface area contributed by atoms with Crippen molar-refractivity contribution in [3.8, 4) is 0 Å². The standard InChI is InChI=1S/C26H29N3O3S2/c1-20-6-2-3-8-22(20)18-27-13-15-28(16-14-27)26(30)25-24(11-17-33-25)34(31,32)29-12-10-21-7-4-5-9-23(21)19-29/h2-9,11,17H,10,12-16,18-19H2,1H3. The Morgan fingerprint density at radius 3 is 2.38 bits per heavy atom. The average Bonchev–Trinajstić information content (AvgIpc) is 3.36. The predicted molar refractivity (Wildman–Crippen MR) is 134 cm³/mol. The minimum Gasteiger partial charge on any atom is -0.335 e. The Balaban J connectivity index is 1.27. The zero-order valence-corrected chi connectivity index (χ0v) is 20.9. The molecule has 0 radical (unpaired) electrons. The van der Waals surface area contributed by atoms with Gasteiger partial charge in [0.25, 0.3) is 5.91 Å². The lowest BCUT2D eigenvalue weighted by Crippen LogP contribution is -2.48. The number of hydrogen-bond donors (Lipinski definition) is 0. The molecule has 6 nitrogen and oxygen atoms in total. The van der Waals surface area contributed by atoms with Gasteiger partial charge in [0.15, 0.2) is 0 Å². The molecule has 2 aliphatic heterocycles. The maximum atomic E-state index is 13.5. The van der Waals surface area contributed by atoms with Crippen molar-refractivity contribution in [1.29, 1.82) is 0 Å². The molecular weight excluding hydrogens is 466 g/mol. The first-order chi connectivity index (χ1) is 16.4. The number of thiophene rings is 1. The maximum Gasteiger partial charge on any atom is 0.265 e. The van der Waals surface area contributed by atoms with Crippen LogP contribution in [0.25, 0.3) is 0 Å². The van der Waals surface area contributed by atoms with Gasteiger partial charge in [0.05, 0.1) is 0 Å². The van der Waals surface area contributed by atoms with Crippen LogP contribution in [-0.4, -0.2) is 61.2 Å². The molecule has 2 aliphatic rings. The molecular formula is C26H29N3O3S2. The summed E-state index contributed by atoms with van der Waals surface area (Å²) in [5, 5.41) is 1.71. The van der Waals surface area contributed by atoms with Gasteiger partial charge in [0.2, 0.25) is 10.0 Å². The van der Waals surface area contributed by atoms with E-state index in [1.54, 1.807) is 16.3 Å². The molecule has 5 rings (SSSR count). The molecule has 3 aromatic rings. The van der Waals surface area contributed by atoms with E-state index in [-0.39, 0.29) is 10.8 Å². The van der Waals surface area contributed by atoms with Gasteiger partial charge in [-0.25, -0.2) is 8.42 Å². The van der Waals surface area contributed by atoms with E-state index in [0.29, 0.717) is 37.5 Å². The normalized spacial score (nSPS) is 17.5. The van der Waals surface area contributed by atoms with Crippen molar-refractivity contribution in [3.05, 3.63) is 87.1 Å². The molecule has 0 atom stereocenters. The summed E-state index contributed by atoms with van der Waals surface area (Å²) < 4.78 is 28.5. The van der Waals surface area contributed by atoms with Gasteiger partial charge in [0, 0.05) is 45.8 Å². The van der Waals surface area contributed by atoms with Crippen molar-refractivity contribution in [2.24, 2.45) is 0 Å². The number of benzene rings is 2. The Bertz CT molecular complexity index is 1290. The third kappa shape index (κ3) is 4.55. The van der Waals surface area contributed by atoms with Crippen LogP contribution in [0, 0.1) is 6.92 Å². The lowest BCUT2D eigenvalue weighted by molar-refractivity contribution is 0.0629. The molecule has 3 heterocycles. The van der Waals surface area contributed by atoms with E-state index in [1.165, 1.54) is 32.3 Å². The van der Waals surface area contributed by atoms with Gasteiger partial charge in [-0.3, -0.25) is 9.69 Å². The molecule has 178 valence electrons. The van der Waals surface area contributed by atoms with Crippen LogP contribution in [0.2, 0.25) is 0 Å². The second-order valence-corrected chi connectivity index (χ2v) is 11.8. The first-order valence-corrected chi connectivity index (χ1v) is 14.0. The smallest absolute Gasteiger partial charge is 0.265 e. The van der Waals surface area contributed by atoms with Crippen molar-refractivity contribution < 1.29 is 13.2 Å². The van der Waals surface area contributed by atoms with Crippen molar-refractivity contribution in [3.63, 3.8) is 0 Å². The molecule has 0 unspecified atom stereocenters. The summed E-state index contributed by atoms with van der Waals surface area (Å²) in [5.74, 6) is -0.179. The minimum absolute atomic E-state index is 0.143. The first kappa shape index (κ1) is 23.2. The van der Waals surface area contributed by atoms with Gasteiger partial charge in [-0.05, 0) is 47.0 Å². The zero-order chi connectivity index (χ0) is 23.7. The Morgan fingerprint density at radius 2 is 1.62 bits per heavy atom. The number of sulfonamides is 1. The van der Waals surface area contributed by atoms with Crippen molar-refractivity contribution >= 4 is 27.3 Å². The Hall–Kier alpha value is -2.52. The molecule has 1 aromatic heterocycles. The summed E-state index contributed by atoms with van der Waals surface area (Å²) in [5.41, 5.74) is 4.80. The number of aryl methyl sites for hydroxylation is 1. The number of hydrogen-bond acceptors (Lipinski definition) is 5. The minimum atomic E-state index is -3.75. The molecule has 1 amide bonds. The number of nitrogens with zero attached hydrogens (tertiary/aromatic N) is 3. The highest BCUT2D eigenvalue weighted by molar-refractivity contribution is 7.89. The highest BCUT2D eigenvalue weighted by Crippen LogP contribution is 2.30.